The van der Waals surface area contributed by atoms with E-state index in [0.29, 0.717) is 25.1 Å². The van der Waals surface area contributed by atoms with E-state index in [1.54, 1.807) is 12.4 Å². The van der Waals surface area contributed by atoms with Crippen molar-refractivity contribution in [3.63, 3.8) is 0 Å². The van der Waals surface area contributed by atoms with Crippen molar-refractivity contribution in [2.45, 2.75) is 31.8 Å². The first kappa shape index (κ1) is 20.4. The van der Waals surface area contributed by atoms with E-state index in [9.17, 15) is 4.79 Å². The fourth-order valence-electron chi connectivity index (χ4n) is 3.73. The smallest absolute Gasteiger partial charge is 0.319 e. The normalized spacial score (nSPS) is 18.3. The Balaban J connectivity index is 1.45. The van der Waals surface area contributed by atoms with Crippen LogP contribution in [0.15, 0.2) is 54.9 Å². The Morgan fingerprint density at radius 2 is 1.84 bits per heavy atom. The summed E-state index contributed by atoms with van der Waals surface area (Å²) in [7, 11) is 0. The highest BCUT2D eigenvalue weighted by molar-refractivity contribution is 5.89. The highest BCUT2D eigenvalue weighted by atomic mass is 16.5. The van der Waals surface area contributed by atoms with Crippen LogP contribution in [0.1, 0.15) is 19.8 Å². The molecule has 32 heavy (non-hydrogen) atoms. The van der Waals surface area contributed by atoms with Crippen LogP contribution in [0.3, 0.4) is 0 Å². The van der Waals surface area contributed by atoms with E-state index in [-0.39, 0.29) is 12.1 Å². The molecule has 1 aromatic carbocycles. The molecular formula is C24H26N6O2. The van der Waals surface area contributed by atoms with Crippen LogP contribution in [0.25, 0.3) is 22.6 Å². The van der Waals surface area contributed by atoms with Gasteiger partial charge in [-0.05, 0) is 56.2 Å². The van der Waals surface area contributed by atoms with Gasteiger partial charge in [0, 0.05) is 47.9 Å². The quantitative estimate of drug-likeness (QED) is 0.641. The first-order valence-electron chi connectivity index (χ1n) is 11.0. The molecule has 8 heteroatoms. The number of aromatic nitrogens is 3. The molecule has 2 aliphatic rings. The van der Waals surface area contributed by atoms with Crippen LogP contribution in [0.5, 0.6) is 0 Å². The Labute approximate surface area is 187 Å². The third-order valence-corrected chi connectivity index (χ3v) is 5.66. The van der Waals surface area contributed by atoms with Crippen molar-refractivity contribution in [1.29, 1.82) is 0 Å². The van der Waals surface area contributed by atoms with E-state index >= 15 is 0 Å². The van der Waals surface area contributed by atoms with Gasteiger partial charge in [0.2, 0.25) is 0 Å². The fourth-order valence-corrected chi connectivity index (χ4v) is 3.73. The van der Waals surface area contributed by atoms with Crippen molar-refractivity contribution in [2.24, 2.45) is 0 Å². The Morgan fingerprint density at radius 1 is 1.06 bits per heavy atom. The van der Waals surface area contributed by atoms with E-state index < -0.39 is 0 Å². The van der Waals surface area contributed by atoms with Gasteiger partial charge in [-0.15, -0.1) is 0 Å². The van der Waals surface area contributed by atoms with Crippen molar-refractivity contribution < 1.29 is 9.53 Å². The minimum atomic E-state index is -0.167. The van der Waals surface area contributed by atoms with Gasteiger partial charge in [0.1, 0.15) is 5.82 Å². The van der Waals surface area contributed by atoms with Crippen LogP contribution >= 0.6 is 0 Å². The molecule has 1 aliphatic heterocycles. The lowest BCUT2D eigenvalue weighted by Gasteiger charge is -2.34. The molecule has 8 nitrogen and oxygen atoms in total. The number of nitrogens with one attached hydrogen (secondary N) is 2. The van der Waals surface area contributed by atoms with Gasteiger partial charge < -0.3 is 20.3 Å². The van der Waals surface area contributed by atoms with Gasteiger partial charge in [-0.3, -0.25) is 4.98 Å². The number of rotatable bonds is 5. The summed E-state index contributed by atoms with van der Waals surface area (Å²) in [6.07, 6.45) is 5.64. The first-order valence-corrected chi connectivity index (χ1v) is 11.0. The van der Waals surface area contributed by atoms with Crippen molar-refractivity contribution in [3.05, 3.63) is 54.9 Å². The molecule has 3 heterocycles. The van der Waals surface area contributed by atoms with Crippen molar-refractivity contribution in [1.82, 2.24) is 20.3 Å². The number of nitrogens with zero attached hydrogens (tertiary/aromatic N) is 4. The standard InChI is InChI=1S/C24H26N6O2/c1-16-15-32-13-12-30(16)22-14-21(17-8-10-25-11-9-17)28-23(29-22)18-2-4-19(5-3-18)26-24(31)27-20-6-7-20/h2-5,8-11,14,16,20H,6-7,12-13,15H2,1H3,(H2,26,27,31)/t16-/m0/s1. The highest BCUT2D eigenvalue weighted by Gasteiger charge is 2.24. The average molecular weight is 431 g/mol. The van der Waals surface area contributed by atoms with E-state index in [4.69, 9.17) is 14.7 Å². The Bertz CT molecular complexity index is 1090. The number of carbonyl (C=O) groups is 1. The van der Waals surface area contributed by atoms with Crippen LogP contribution in [0, 0.1) is 0 Å². The molecule has 0 spiro atoms. The summed E-state index contributed by atoms with van der Waals surface area (Å²) in [4.78, 5) is 28.1. The van der Waals surface area contributed by atoms with Crippen molar-refractivity contribution in [3.8, 4) is 22.6 Å². The van der Waals surface area contributed by atoms with Gasteiger partial charge in [-0.2, -0.15) is 0 Å². The monoisotopic (exact) mass is 430 g/mol. The fraction of sp³-hybridized carbons (Fsp3) is 0.333. The Hall–Kier alpha value is -3.52. The minimum absolute atomic E-state index is 0.167. The van der Waals surface area contributed by atoms with Crippen molar-refractivity contribution in [2.75, 3.05) is 30.0 Å². The lowest BCUT2D eigenvalue weighted by Crippen LogP contribution is -2.44. The minimum Gasteiger partial charge on any atom is -0.377 e. The lowest BCUT2D eigenvalue weighted by molar-refractivity contribution is 0.0985. The predicted octanol–water partition coefficient (Wildman–Crippen LogP) is 3.71. The largest absolute Gasteiger partial charge is 0.377 e. The summed E-state index contributed by atoms with van der Waals surface area (Å²) in [5, 5.41) is 5.80. The molecule has 5 rings (SSSR count). The second-order valence-electron chi connectivity index (χ2n) is 8.24. The van der Waals surface area contributed by atoms with E-state index in [0.717, 1.165) is 47.7 Å². The number of hydrogen-bond acceptors (Lipinski definition) is 6. The first-order chi connectivity index (χ1) is 15.7. The van der Waals surface area contributed by atoms with Crippen LogP contribution < -0.4 is 15.5 Å². The van der Waals surface area contributed by atoms with Gasteiger partial charge in [0.25, 0.3) is 0 Å². The molecule has 164 valence electrons. The Kier molecular flexibility index (Phi) is 5.68. The van der Waals surface area contributed by atoms with Gasteiger partial charge in [-0.25, -0.2) is 14.8 Å². The van der Waals surface area contributed by atoms with Crippen LogP contribution in [-0.2, 0) is 4.74 Å². The molecular weight excluding hydrogens is 404 g/mol. The number of ether oxygens (including phenoxy) is 1. The number of hydrogen-bond donors (Lipinski definition) is 2. The van der Waals surface area contributed by atoms with Crippen LogP contribution in [0.2, 0.25) is 0 Å². The summed E-state index contributed by atoms with van der Waals surface area (Å²) in [6.45, 7) is 4.28. The maximum Gasteiger partial charge on any atom is 0.319 e. The topological polar surface area (TPSA) is 92.3 Å². The van der Waals surface area contributed by atoms with Gasteiger partial charge in [0.15, 0.2) is 5.82 Å². The molecule has 0 bridgehead atoms. The third kappa shape index (κ3) is 4.70. The Morgan fingerprint density at radius 3 is 2.56 bits per heavy atom. The maximum atomic E-state index is 12.0. The summed E-state index contributed by atoms with van der Waals surface area (Å²) in [5.41, 5.74) is 3.45. The van der Waals surface area contributed by atoms with E-state index in [1.807, 2.05) is 42.5 Å². The number of pyridine rings is 1. The van der Waals surface area contributed by atoms with Crippen molar-refractivity contribution >= 4 is 17.5 Å². The summed E-state index contributed by atoms with van der Waals surface area (Å²) in [5.74, 6) is 1.52. The molecule has 1 saturated heterocycles. The molecule has 3 aromatic rings. The van der Waals surface area contributed by atoms with Gasteiger partial charge in [0.05, 0.1) is 24.9 Å². The average Bonchev–Trinajstić information content (AvgIpc) is 3.64. The van der Waals surface area contributed by atoms with Gasteiger partial charge >= 0.3 is 6.03 Å². The second kappa shape index (κ2) is 8.92. The molecule has 2 amide bonds. The number of amides is 2. The number of morpholine rings is 1. The van der Waals surface area contributed by atoms with E-state index in [2.05, 4.69) is 27.4 Å². The molecule has 0 unspecified atom stereocenters. The highest BCUT2D eigenvalue weighted by Crippen LogP contribution is 2.28. The second-order valence-corrected chi connectivity index (χ2v) is 8.24. The third-order valence-electron chi connectivity index (χ3n) is 5.66. The molecule has 1 atom stereocenters. The summed E-state index contributed by atoms with van der Waals surface area (Å²) < 4.78 is 5.60. The lowest BCUT2D eigenvalue weighted by atomic mass is 10.1. The summed E-state index contributed by atoms with van der Waals surface area (Å²) >= 11 is 0. The molecule has 2 aromatic heterocycles. The molecule has 1 saturated carbocycles. The summed E-state index contributed by atoms with van der Waals surface area (Å²) in [6, 6.07) is 13.9. The van der Waals surface area contributed by atoms with Crippen LogP contribution in [0.4, 0.5) is 16.3 Å². The number of anilines is 2. The molecule has 1 aliphatic carbocycles. The zero-order valence-corrected chi connectivity index (χ0v) is 18.0. The predicted molar refractivity (Wildman–Crippen MR) is 124 cm³/mol. The number of benzene rings is 1. The number of urea groups is 1. The molecule has 0 radical (unpaired) electrons. The van der Waals surface area contributed by atoms with E-state index in [1.165, 1.54) is 0 Å². The number of carbonyl (C=O) groups excluding carboxylic acids is 1. The van der Waals surface area contributed by atoms with Gasteiger partial charge in [-0.1, -0.05) is 0 Å². The molecule has 2 N–H and O–H groups in total. The van der Waals surface area contributed by atoms with Crippen LogP contribution in [-0.4, -0.2) is 52.8 Å². The molecule has 2 fully saturated rings. The zero-order chi connectivity index (χ0) is 21.9. The zero-order valence-electron chi connectivity index (χ0n) is 18.0. The maximum absolute atomic E-state index is 12.0. The SMILES string of the molecule is C[C@H]1COCCN1c1cc(-c2ccncc2)nc(-c2ccc(NC(=O)NC3CC3)cc2)n1.